The lowest BCUT2D eigenvalue weighted by molar-refractivity contribution is 0.0156. The molecule has 0 amide bonds. The number of fused-ring (bicyclic) bond motifs is 1. The van der Waals surface area contributed by atoms with Crippen molar-refractivity contribution in [3.8, 4) is 0 Å². The number of nitrogens with zero attached hydrogens (tertiary/aromatic N) is 3. The van der Waals surface area contributed by atoms with Crippen molar-refractivity contribution in [2.75, 3.05) is 25.4 Å². The number of nitrogens with two attached hydrogens (primary N) is 1. The zero-order valence-electron chi connectivity index (χ0n) is 14.8. The number of aromatic nitrogens is 1. The molecule has 25 heavy (non-hydrogen) atoms. The molecule has 2 saturated heterocycles. The number of anilines is 1. The Bertz CT molecular complexity index is 687. The molecule has 0 bridgehead atoms. The van der Waals surface area contributed by atoms with Crippen LogP contribution in [0.3, 0.4) is 0 Å². The number of piperidine rings is 2. The summed E-state index contributed by atoms with van der Waals surface area (Å²) in [4.78, 5) is 9.43. The van der Waals surface area contributed by atoms with Crippen molar-refractivity contribution in [1.82, 2.24) is 14.8 Å². The van der Waals surface area contributed by atoms with Crippen LogP contribution in [0.2, 0.25) is 0 Å². The molecule has 4 nitrogen and oxygen atoms in total. The Morgan fingerprint density at radius 3 is 2.72 bits per heavy atom. The Labute approximate surface area is 150 Å². The monoisotopic (exact) mass is 336 g/mol. The number of rotatable bonds is 4. The zero-order valence-corrected chi connectivity index (χ0v) is 14.8. The van der Waals surface area contributed by atoms with Gasteiger partial charge in [-0.15, -0.1) is 0 Å². The van der Waals surface area contributed by atoms with Gasteiger partial charge < -0.3 is 5.73 Å². The van der Waals surface area contributed by atoms with Gasteiger partial charge in [0.25, 0.3) is 0 Å². The SMILES string of the molecule is Nc1cc(CN2CCC3C(CCCN3Cc3ccccc3)C2)ccn1. The third kappa shape index (κ3) is 4.02. The minimum absolute atomic E-state index is 0.624. The summed E-state index contributed by atoms with van der Waals surface area (Å²) >= 11 is 0. The number of hydrogen-bond acceptors (Lipinski definition) is 4. The fourth-order valence-electron chi connectivity index (χ4n) is 4.59. The van der Waals surface area contributed by atoms with Gasteiger partial charge >= 0.3 is 0 Å². The highest BCUT2D eigenvalue weighted by molar-refractivity contribution is 5.31. The average Bonchev–Trinajstić information content (AvgIpc) is 2.63. The molecule has 2 aromatic rings. The van der Waals surface area contributed by atoms with Crippen LogP contribution < -0.4 is 5.73 Å². The van der Waals surface area contributed by atoms with Gasteiger partial charge in [0.15, 0.2) is 0 Å². The van der Waals surface area contributed by atoms with Crippen LogP contribution >= 0.6 is 0 Å². The summed E-state index contributed by atoms with van der Waals surface area (Å²) < 4.78 is 0. The molecule has 2 unspecified atom stereocenters. The minimum atomic E-state index is 0.624. The Morgan fingerprint density at radius 2 is 1.88 bits per heavy atom. The molecule has 0 aliphatic carbocycles. The molecule has 4 rings (SSSR count). The van der Waals surface area contributed by atoms with Crippen molar-refractivity contribution in [1.29, 1.82) is 0 Å². The molecule has 2 fully saturated rings. The van der Waals surface area contributed by atoms with E-state index in [1.165, 1.54) is 50.0 Å². The maximum absolute atomic E-state index is 5.83. The highest BCUT2D eigenvalue weighted by Gasteiger charge is 2.35. The highest BCUT2D eigenvalue weighted by Crippen LogP contribution is 2.32. The smallest absolute Gasteiger partial charge is 0.123 e. The topological polar surface area (TPSA) is 45.4 Å². The van der Waals surface area contributed by atoms with Crippen LogP contribution in [0.1, 0.15) is 30.4 Å². The standard InChI is InChI=1S/C21H28N4/c22-21-13-18(8-10-23-21)14-24-12-9-20-19(16-24)7-4-11-25(20)15-17-5-2-1-3-6-17/h1-3,5-6,8,10,13,19-20H,4,7,9,11-12,14-16H2,(H2,22,23). The van der Waals surface area contributed by atoms with Gasteiger partial charge in [-0.25, -0.2) is 4.98 Å². The number of likely N-dealkylation sites (tertiary alicyclic amines) is 2. The lowest BCUT2D eigenvalue weighted by atomic mass is 9.83. The molecule has 0 spiro atoms. The summed E-state index contributed by atoms with van der Waals surface area (Å²) in [5, 5.41) is 0. The third-order valence-corrected chi connectivity index (χ3v) is 5.75. The normalized spacial score (nSPS) is 24.8. The second kappa shape index (κ2) is 7.54. The molecule has 4 heteroatoms. The minimum Gasteiger partial charge on any atom is -0.384 e. The van der Waals surface area contributed by atoms with Crippen molar-refractivity contribution in [3.63, 3.8) is 0 Å². The molecule has 2 aliphatic heterocycles. The highest BCUT2D eigenvalue weighted by atomic mass is 15.2. The van der Waals surface area contributed by atoms with Crippen LogP contribution in [0, 0.1) is 5.92 Å². The van der Waals surface area contributed by atoms with Crippen LogP contribution in [0.5, 0.6) is 0 Å². The van der Waals surface area contributed by atoms with Gasteiger partial charge in [-0.1, -0.05) is 30.3 Å². The predicted octanol–water partition coefficient (Wildman–Crippen LogP) is 3.15. The Kier molecular flexibility index (Phi) is 4.99. The van der Waals surface area contributed by atoms with Crippen molar-refractivity contribution in [3.05, 3.63) is 59.8 Å². The van der Waals surface area contributed by atoms with E-state index in [2.05, 4.69) is 51.2 Å². The molecule has 1 aromatic carbocycles. The summed E-state index contributed by atoms with van der Waals surface area (Å²) in [7, 11) is 0. The molecule has 0 saturated carbocycles. The van der Waals surface area contributed by atoms with Crippen LogP contribution in [-0.2, 0) is 13.1 Å². The molecule has 2 atom stereocenters. The van der Waals surface area contributed by atoms with Gasteiger partial charge in [0, 0.05) is 31.9 Å². The summed E-state index contributed by atoms with van der Waals surface area (Å²) in [6, 6.07) is 15.8. The van der Waals surface area contributed by atoms with Gasteiger partial charge in [0.05, 0.1) is 0 Å². The second-order valence-corrected chi connectivity index (χ2v) is 7.54. The van der Waals surface area contributed by atoms with E-state index < -0.39 is 0 Å². The summed E-state index contributed by atoms with van der Waals surface area (Å²) in [6.45, 7) is 5.72. The van der Waals surface area contributed by atoms with E-state index in [9.17, 15) is 0 Å². The second-order valence-electron chi connectivity index (χ2n) is 7.54. The van der Waals surface area contributed by atoms with E-state index in [4.69, 9.17) is 5.73 Å². The zero-order chi connectivity index (χ0) is 17.1. The third-order valence-electron chi connectivity index (χ3n) is 5.75. The Hall–Kier alpha value is -1.91. The molecular formula is C21H28N4. The van der Waals surface area contributed by atoms with E-state index >= 15 is 0 Å². The van der Waals surface area contributed by atoms with Crippen LogP contribution in [0.25, 0.3) is 0 Å². The molecule has 2 aliphatic rings. The molecule has 2 N–H and O–H groups in total. The molecule has 0 radical (unpaired) electrons. The van der Waals surface area contributed by atoms with E-state index in [1.807, 2.05) is 12.3 Å². The molecule has 132 valence electrons. The van der Waals surface area contributed by atoms with E-state index in [0.717, 1.165) is 25.0 Å². The van der Waals surface area contributed by atoms with Crippen LogP contribution in [0.4, 0.5) is 5.82 Å². The van der Waals surface area contributed by atoms with E-state index in [1.54, 1.807) is 0 Å². The lowest BCUT2D eigenvalue weighted by Crippen LogP contribution is -2.53. The predicted molar refractivity (Wildman–Crippen MR) is 102 cm³/mol. The van der Waals surface area contributed by atoms with Crippen molar-refractivity contribution < 1.29 is 0 Å². The quantitative estimate of drug-likeness (QED) is 0.932. The summed E-state index contributed by atoms with van der Waals surface area (Å²) in [6.07, 6.45) is 5.78. The van der Waals surface area contributed by atoms with Gasteiger partial charge in [0.2, 0.25) is 0 Å². The molecular weight excluding hydrogens is 308 g/mol. The molecule has 1 aromatic heterocycles. The average molecular weight is 336 g/mol. The largest absolute Gasteiger partial charge is 0.384 e. The first-order valence-electron chi connectivity index (χ1n) is 9.49. The number of pyridine rings is 1. The van der Waals surface area contributed by atoms with Gasteiger partial charge in [-0.2, -0.15) is 0 Å². The summed E-state index contributed by atoms with van der Waals surface area (Å²) in [5.74, 6) is 1.42. The van der Waals surface area contributed by atoms with Crippen LogP contribution in [-0.4, -0.2) is 40.5 Å². The maximum Gasteiger partial charge on any atom is 0.123 e. The van der Waals surface area contributed by atoms with Crippen molar-refractivity contribution >= 4 is 5.82 Å². The summed E-state index contributed by atoms with van der Waals surface area (Å²) in [5.41, 5.74) is 8.55. The van der Waals surface area contributed by atoms with E-state index in [-0.39, 0.29) is 0 Å². The van der Waals surface area contributed by atoms with Crippen LogP contribution in [0.15, 0.2) is 48.7 Å². The Morgan fingerprint density at radius 1 is 1.00 bits per heavy atom. The fraction of sp³-hybridized carbons (Fsp3) is 0.476. The first-order valence-corrected chi connectivity index (χ1v) is 9.49. The molecule has 3 heterocycles. The lowest BCUT2D eigenvalue weighted by Gasteiger charge is -2.47. The maximum atomic E-state index is 5.83. The van der Waals surface area contributed by atoms with Gasteiger partial charge in [-0.05, 0) is 61.5 Å². The Balaban J connectivity index is 1.38. The fourth-order valence-corrected chi connectivity index (χ4v) is 4.59. The first kappa shape index (κ1) is 16.6. The van der Waals surface area contributed by atoms with E-state index in [0.29, 0.717) is 5.82 Å². The number of nitrogen functional groups attached to an aromatic ring is 1. The van der Waals surface area contributed by atoms with Gasteiger partial charge in [0.1, 0.15) is 5.82 Å². The van der Waals surface area contributed by atoms with Crippen molar-refractivity contribution in [2.24, 2.45) is 5.92 Å². The number of benzene rings is 1. The van der Waals surface area contributed by atoms with Crippen molar-refractivity contribution in [2.45, 2.75) is 38.4 Å². The first-order chi connectivity index (χ1) is 12.3. The number of hydrogen-bond donors (Lipinski definition) is 1. The van der Waals surface area contributed by atoms with Gasteiger partial charge in [-0.3, -0.25) is 9.80 Å².